The normalized spacial score (nSPS) is 10.1. The molecule has 0 saturated carbocycles. The molecule has 1 aromatic carbocycles. The van der Waals surface area contributed by atoms with Gasteiger partial charge in [-0.2, -0.15) is 0 Å². The molecule has 0 aliphatic heterocycles. The van der Waals surface area contributed by atoms with Crippen LogP contribution in [0.25, 0.3) is 0 Å². The van der Waals surface area contributed by atoms with Crippen molar-refractivity contribution in [3.63, 3.8) is 0 Å². The van der Waals surface area contributed by atoms with Gasteiger partial charge in [-0.25, -0.2) is 0 Å². The van der Waals surface area contributed by atoms with Gasteiger partial charge in [0.2, 0.25) is 0 Å². The first-order chi connectivity index (χ1) is 7.19. The number of rotatable bonds is 5. The predicted molar refractivity (Wildman–Crippen MR) is 65.6 cm³/mol. The zero-order valence-electron chi connectivity index (χ0n) is 9.97. The van der Waals surface area contributed by atoms with E-state index in [9.17, 15) is 0 Å². The summed E-state index contributed by atoms with van der Waals surface area (Å²) in [6.07, 6.45) is 4.08. The van der Waals surface area contributed by atoms with Gasteiger partial charge in [0, 0.05) is 0 Å². The van der Waals surface area contributed by atoms with Crippen LogP contribution in [-0.4, -0.2) is 6.61 Å². The summed E-state index contributed by atoms with van der Waals surface area (Å²) in [6.45, 7) is 10.8. The molecule has 0 heterocycles. The van der Waals surface area contributed by atoms with Crippen LogP contribution in [0.2, 0.25) is 0 Å². The number of allylic oxidation sites excluding steroid dienone is 1. The second kappa shape index (κ2) is 5.59. The quantitative estimate of drug-likeness (QED) is 0.662. The molecular formula is C14H20O. The second-order valence-electron chi connectivity index (χ2n) is 3.80. The van der Waals surface area contributed by atoms with Crippen LogP contribution in [0.4, 0.5) is 0 Å². The van der Waals surface area contributed by atoms with Crippen LogP contribution >= 0.6 is 0 Å². The lowest BCUT2D eigenvalue weighted by molar-refractivity contribution is 0.339. The minimum absolute atomic E-state index is 0.727. The van der Waals surface area contributed by atoms with E-state index in [0.717, 1.165) is 25.2 Å². The SMILES string of the molecule is C=CCCc1c(C)cc(OCC)cc1C. The van der Waals surface area contributed by atoms with Gasteiger partial charge in [0.05, 0.1) is 6.61 Å². The summed E-state index contributed by atoms with van der Waals surface area (Å²) >= 11 is 0. The predicted octanol–water partition coefficient (Wildman–Crippen LogP) is 3.82. The van der Waals surface area contributed by atoms with Crippen LogP contribution in [0.5, 0.6) is 5.75 Å². The first-order valence-electron chi connectivity index (χ1n) is 5.52. The molecular weight excluding hydrogens is 184 g/mol. The van der Waals surface area contributed by atoms with E-state index in [2.05, 4.69) is 32.6 Å². The van der Waals surface area contributed by atoms with Crippen molar-refractivity contribution in [2.45, 2.75) is 33.6 Å². The Kier molecular flexibility index (Phi) is 4.41. The Morgan fingerprint density at radius 3 is 2.33 bits per heavy atom. The summed E-state index contributed by atoms with van der Waals surface area (Å²) in [5.74, 6) is 0.981. The van der Waals surface area contributed by atoms with Crippen molar-refractivity contribution in [3.05, 3.63) is 41.5 Å². The molecule has 0 spiro atoms. The fourth-order valence-corrected chi connectivity index (χ4v) is 1.84. The Hall–Kier alpha value is -1.24. The van der Waals surface area contributed by atoms with E-state index in [1.807, 2.05) is 13.0 Å². The van der Waals surface area contributed by atoms with Gasteiger partial charge in [0.1, 0.15) is 5.75 Å². The van der Waals surface area contributed by atoms with Crippen molar-refractivity contribution >= 4 is 0 Å². The summed E-state index contributed by atoms with van der Waals surface area (Å²) in [5, 5.41) is 0. The van der Waals surface area contributed by atoms with Crippen molar-refractivity contribution in [1.82, 2.24) is 0 Å². The molecule has 1 heteroatoms. The topological polar surface area (TPSA) is 9.23 Å². The molecule has 0 fully saturated rings. The summed E-state index contributed by atoms with van der Waals surface area (Å²) in [6, 6.07) is 4.24. The van der Waals surface area contributed by atoms with E-state index in [-0.39, 0.29) is 0 Å². The molecule has 0 atom stereocenters. The molecule has 0 N–H and O–H groups in total. The fourth-order valence-electron chi connectivity index (χ4n) is 1.84. The molecule has 1 nitrogen and oxygen atoms in total. The van der Waals surface area contributed by atoms with Crippen LogP contribution in [-0.2, 0) is 6.42 Å². The lowest BCUT2D eigenvalue weighted by Crippen LogP contribution is -1.97. The minimum atomic E-state index is 0.727. The second-order valence-corrected chi connectivity index (χ2v) is 3.80. The highest BCUT2D eigenvalue weighted by molar-refractivity contribution is 5.41. The maximum Gasteiger partial charge on any atom is 0.119 e. The largest absolute Gasteiger partial charge is 0.494 e. The van der Waals surface area contributed by atoms with Gasteiger partial charge < -0.3 is 4.74 Å². The third-order valence-corrected chi connectivity index (χ3v) is 2.58. The maximum absolute atomic E-state index is 5.51. The molecule has 0 radical (unpaired) electrons. The average Bonchev–Trinajstić information content (AvgIpc) is 2.17. The van der Waals surface area contributed by atoms with E-state index in [1.54, 1.807) is 0 Å². The van der Waals surface area contributed by atoms with Gasteiger partial charge in [-0.1, -0.05) is 6.08 Å². The van der Waals surface area contributed by atoms with E-state index in [1.165, 1.54) is 16.7 Å². The van der Waals surface area contributed by atoms with Gasteiger partial charge in [-0.05, 0) is 62.4 Å². The first kappa shape index (κ1) is 11.8. The summed E-state index contributed by atoms with van der Waals surface area (Å²) in [5.41, 5.74) is 4.07. The van der Waals surface area contributed by atoms with E-state index >= 15 is 0 Å². The van der Waals surface area contributed by atoms with Crippen LogP contribution in [0.3, 0.4) is 0 Å². The third-order valence-electron chi connectivity index (χ3n) is 2.58. The summed E-state index contributed by atoms with van der Waals surface area (Å²) in [7, 11) is 0. The molecule has 0 unspecified atom stereocenters. The van der Waals surface area contributed by atoms with Crippen molar-refractivity contribution in [2.75, 3.05) is 6.61 Å². The van der Waals surface area contributed by atoms with Crippen molar-refractivity contribution in [3.8, 4) is 5.75 Å². The highest BCUT2D eigenvalue weighted by Crippen LogP contribution is 2.23. The summed E-state index contributed by atoms with van der Waals surface area (Å²) in [4.78, 5) is 0. The Labute approximate surface area is 92.8 Å². The molecule has 0 aromatic heterocycles. The Morgan fingerprint density at radius 2 is 1.87 bits per heavy atom. The van der Waals surface area contributed by atoms with Crippen LogP contribution in [0.15, 0.2) is 24.8 Å². The van der Waals surface area contributed by atoms with Crippen LogP contribution in [0.1, 0.15) is 30.0 Å². The van der Waals surface area contributed by atoms with Gasteiger partial charge in [-0.3, -0.25) is 0 Å². The van der Waals surface area contributed by atoms with Gasteiger partial charge in [0.15, 0.2) is 0 Å². The molecule has 0 aliphatic rings. The molecule has 1 rings (SSSR count). The average molecular weight is 204 g/mol. The molecule has 0 aliphatic carbocycles. The number of aryl methyl sites for hydroxylation is 2. The zero-order chi connectivity index (χ0) is 11.3. The molecule has 15 heavy (non-hydrogen) atoms. The Morgan fingerprint density at radius 1 is 1.27 bits per heavy atom. The smallest absolute Gasteiger partial charge is 0.119 e. The standard InChI is InChI=1S/C14H20O/c1-5-7-8-14-11(3)9-13(15-6-2)10-12(14)4/h5,9-10H,1,6-8H2,2-4H3. The van der Waals surface area contributed by atoms with Crippen LogP contribution in [0, 0.1) is 13.8 Å². The van der Waals surface area contributed by atoms with Gasteiger partial charge in [-0.15, -0.1) is 6.58 Å². The van der Waals surface area contributed by atoms with Gasteiger partial charge in [0.25, 0.3) is 0 Å². The number of hydrogen-bond acceptors (Lipinski definition) is 1. The Balaban J connectivity index is 2.93. The van der Waals surface area contributed by atoms with Crippen molar-refractivity contribution < 1.29 is 4.74 Å². The first-order valence-corrected chi connectivity index (χ1v) is 5.52. The molecule has 0 amide bonds. The van der Waals surface area contributed by atoms with E-state index < -0.39 is 0 Å². The molecule has 82 valence electrons. The lowest BCUT2D eigenvalue weighted by atomic mass is 9.98. The van der Waals surface area contributed by atoms with Gasteiger partial charge >= 0.3 is 0 Å². The highest BCUT2D eigenvalue weighted by Gasteiger charge is 2.04. The lowest BCUT2D eigenvalue weighted by Gasteiger charge is -2.12. The van der Waals surface area contributed by atoms with E-state index in [4.69, 9.17) is 4.74 Å². The van der Waals surface area contributed by atoms with E-state index in [0.29, 0.717) is 0 Å². The van der Waals surface area contributed by atoms with Crippen molar-refractivity contribution in [1.29, 1.82) is 0 Å². The molecule has 0 bridgehead atoms. The van der Waals surface area contributed by atoms with Crippen molar-refractivity contribution in [2.24, 2.45) is 0 Å². The minimum Gasteiger partial charge on any atom is -0.494 e. The number of benzene rings is 1. The number of hydrogen-bond donors (Lipinski definition) is 0. The fraction of sp³-hybridized carbons (Fsp3) is 0.429. The highest BCUT2D eigenvalue weighted by atomic mass is 16.5. The number of ether oxygens (including phenoxy) is 1. The third kappa shape index (κ3) is 3.12. The molecule has 1 aromatic rings. The monoisotopic (exact) mass is 204 g/mol. The Bertz CT molecular complexity index is 316. The van der Waals surface area contributed by atoms with Crippen LogP contribution < -0.4 is 4.74 Å². The zero-order valence-corrected chi connectivity index (χ0v) is 9.97. The summed E-state index contributed by atoms with van der Waals surface area (Å²) < 4.78 is 5.51. The molecule has 0 saturated heterocycles. The maximum atomic E-state index is 5.51.